The first-order chi connectivity index (χ1) is 12.0. The van der Waals surface area contributed by atoms with Crippen LogP contribution in [0.1, 0.15) is 31.7 Å². The van der Waals surface area contributed by atoms with Crippen molar-refractivity contribution in [3.05, 3.63) is 35.9 Å². The molecule has 1 aliphatic heterocycles. The molecule has 1 saturated heterocycles. The van der Waals surface area contributed by atoms with Crippen molar-refractivity contribution in [2.24, 2.45) is 0 Å². The Labute approximate surface area is 149 Å². The Morgan fingerprint density at radius 3 is 2.76 bits per heavy atom. The number of amides is 1. The molecule has 0 aromatic heterocycles. The van der Waals surface area contributed by atoms with Gasteiger partial charge in [0, 0.05) is 25.4 Å². The molecule has 1 heterocycles. The minimum Gasteiger partial charge on any atom is -0.383 e. The average Bonchev–Trinajstić information content (AvgIpc) is 2.58. The molecule has 4 atom stereocenters. The van der Waals surface area contributed by atoms with E-state index in [1.54, 1.807) is 0 Å². The number of hydrogen-bond acceptors (Lipinski definition) is 5. The standard InChI is InChI=1S/C19H30N2O4/c1-14-11-16(13-18(23)25-14)21(2)10-6-9-20-19(24)17(22)12-15-7-4-3-5-8-15/h3-5,7-8,14,16-18,22-23H,6,9-13H2,1-2H3,(H,20,24)/t14-,16+,17-,18-/m1/s1. The summed E-state index contributed by atoms with van der Waals surface area (Å²) in [5.74, 6) is -0.332. The largest absolute Gasteiger partial charge is 0.383 e. The lowest BCUT2D eigenvalue weighted by molar-refractivity contribution is -0.173. The van der Waals surface area contributed by atoms with Gasteiger partial charge in [0.2, 0.25) is 5.91 Å². The minimum absolute atomic E-state index is 0.0593. The number of carbonyl (C=O) groups is 1. The third kappa shape index (κ3) is 6.74. The van der Waals surface area contributed by atoms with Crippen molar-refractivity contribution in [2.45, 2.75) is 57.1 Å². The summed E-state index contributed by atoms with van der Waals surface area (Å²) in [4.78, 5) is 14.2. The smallest absolute Gasteiger partial charge is 0.249 e. The Hall–Kier alpha value is -1.47. The molecule has 0 radical (unpaired) electrons. The molecule has 0 unspecified atom stereocenters. The lowest BCUT2D eigenvalue weighted by atomic mass is 10.0. The maximum atomic E-state index is 12.0. The van der Waals surface area contributed by atoms with Gasteiger partial charge in [-0.2, -0.15) is 0 Å². The topological polar surface area (TPSA) is 82.0 Å². The fourth-order valence-electron chi connectivity index (χ4n) is 3.22. The van der Waals surface area contributed by atoms with E-state index in [-0.39, 0.29) is 18.1 Å². The second-order valence-electron chi connectivity index (χ2n) is 6.86. The number of nitrogens with zero attached hydrogens (tertiary/aromatic N) is 1. The summed E-state index contributed by atoms with van der Waals surface area (Å²) in [6, 6.07) is 9.78. The monoisotopic (exact) mass is 350 g/mol. The van der Waals surface area contributed by atoms with Crippen molar-refractivity contribution < 1.29 is 19.7 Å². The fraction of sp³-hybridized carbons (Fsp3) is 0.632. The molecule has 25 heavy (non-hydrogen) atoms. The molecule has 1 amide bonds. The molecule has 6 heteroatoms. The lowest BCUT2D eigenvalue weighted by Crippen LogP contribution is -2.44. The second kappa shape index (κ2) is 9.87. The number of aliphatic hydroxyl groups excluding tert-OH is 2. The van der Waals surface area contributed by atoms with Crippen molar-refractivity contribution in [3.63, 3.8) is 0 Å². The third-order valence-corrected chi connectivity index (χ3v) is 4.65. The van der Waals surface area contributed by atoms with E-state index in [4.69, 9.17) is 4.74 Å². The van der Waals surface area contributed by atoms with Crippen molar-refractivity contribution in [3.8, 4) is 0 Å². The predicted octanol–water partition coefficient (Wildman–Crippen LogP) is 0.914. The predicted molar refractivity (Wildman–Crippen MR) is 96.0 cm³/mol. The molecule has 0 spiro atoms. The van der Waals surface area contributed by atoms with Gasteiger partial charge in [0.25, 0.3) is 0 Å². The number of nitrogens with one attached hydrogen (secondary N) is 1. The lowest BCUT2D eigenvalue weighted by Gasteiger charge is -2.36. The molecule has 1 aromatic rings. The molecule has 2 rings (SSSR count). The minimum atomic E-state index is -1.02. The van der Waals surface area contributed by atoms with Gasteiger partial charge in [-0.3, -0.25) is 4.79 Å². The molecular formula is C19H30N2O4. The molecule has 140 valence electrons. The first kappa shape index (κ1) is 19.8. The van der Waals surface area contributed by atoms with Crippen molar-refractivity contribution in [1.82, 2.24) is 10.2 Å². The first-order valence-electron chi connectivity index (χ1n) is 8.99. The van der Waals surface area contributed by atoms with E-state index < -0.39 is 12.4 Å². The molecule has 3 N–H and O–H groups in total. The summed E-state index contributed by atoms with van der Waals surface area (Å²) >= 11 is 0. The molecule has 1 aromatic carbocycles. The van der Waals surface area contributed by atoms with E-state index in [0.29, 0.717) is 19.4 Å². The van der Waals surface area contributed by atoms with Crippen LogP contribution in [0.3, 0.4) is 0 Å². The Morgan fingerprint density at radius 1 is 1.36 bits per heavy atom. The third-order valence-electron chi connectivity index (χ3n) is 4.65. The van der Waals surface area contributed by atoms with Gasteiger partial charge >= 0.3 is 0 Å². The summed E-state index contributed by atoms with van der Waals surface area (Å²) in [6.07, 6.45) is 0.977. The Balaban J connectivity index is 1.64. The fourth-order valence-corrected chi connectivity index (χ4v) is 3.22. The molecule has 6 nitrogen and oxygen atoms in total. The highest BCUT2D eigenvalue weighted by atomic mass is 16.6. The zero-order valence-electron chi connectivity index (χ0n) is 15.1. The van der Waals surface area contributed by atoms with Crippen molar-refractivity contribution in [2.75, 3.05) is 20.1 Å². The molecular weight excluding hydrogens is 320 g/mol. The second-order valence-corrected chi connectivity index (χ2v) is 6.86. The van der Waals surface area contributed by atoms with Crippen LogP contribution in [0, 0.1) is 0 Å². The van der Waals surface area contributed by atoms with E-state index >= 15 is 0 Å². The van der Waals surface area contributed by atoms with Crippen LogP contribution < -0.4 is 5.32 Å². The highest BCUT2D eigenvalue weighted by molar-refractivity contribution is 5.80. The SMILES string of the molecule is C[C@@H]1C[C@H](N(C)CCCNC(=O)[C@H](O)Cc2ccccc2)C[C@H](O)O1. The van der Waals surface area contributed by atoms with Gasteiger partial charge in [0.1, 0.15) is 6.10 Å². The normalized spacial score (nSPS) is 24.9. The van der Waals surface area contributed by atoms with Crippen LogP contribution in [0.4, 0.5) is 0 Å². The van der Waals surface area contributed by atoms with Gasteiger partial charge in [-0.05, 0) is 38.9 Å². The van der Waals surface area contributed by atoms with E-state index in [1.807, 2.05) is 44.3 Å². The highest BCUT2D eigenvalue weighted by Crippen LogP contribution is 2.21. The molecule has 0 saturated carbocycles. The van der Waals surface area contributed by atoms with Gasteiger partial charge < -0.3 is 25.2 Å². The van der Waals surface area contributed by atoms with Crippen LogP contribution in [0.5, 0.6) is 0 Å². The van der Waals surface area contributed by atoms with Crippen molar-refractivity contribution >= 4 is 5.91 Å². The van der Waals surface area contributed by atoms with Gasteiger partial charge in [-0.25, -0.2) is 0 Å². The quantitative estimate of drug-likeness (QED) is 0.607. The van der Waals surface area contributed by atoms with E-state index in [2.05, 4.69) is 10.2 Å². The van der Waals surface area contributed by atoms with Crippen LogP contribution in [-0.4, -0.2) is 65.7 Å². The zero-order valence-corrected chi connectivity index (χ0v) is 15.1. The Kier molecular flexibility index (Phi) is 7.84. The van der Waals surface area contributed by atoms with E-state index in [0.717, 1.165) is 24.9 Å². The van der Waals surface area contributed by atoms with E-state index in [9.17, 15) is 15.0 Å². The number of carbonyl (C=O) groups excluding carboxylic acids is 1. The zero-order chi connectivity index (χ0) is 18.2. The summed E-state index contributed by atoms with van der Waals surface area (Å²) in [6.45, 7) is 3.31. The molecule has 0 aliphatic carbocycles. The Morgan fingerprint density at radius 2 is 2.08 bits per heavy atom. The van der Waals surface area contributed by atoms with Gasteiger partial charge in [-0.15, -0.1) is 0 Å². The van der Waals surface area contributed by atoms with Gasteiger partial charge in [-0.1, -0.05) is 30.3 Å². The average molecular weight is 350 g/mol. The number of rotatable bonds is 8. The molecule has 1 aliphatic rings. The summed E-state index contributed by atoms with van der Waals surface area (Å²) in [5.41, 5.74) is 0.942. The number of hydrogen-bond donors (Lipinski definition) is 3. The van der Waals surface area contributed by atoms with Crippen LogP contribution in [-0.2, 0) is 16.0 Å². The summed E-state index contributed by atoms with van der Waals surface area (Å²) in [5, 5.41) is 22.5. The summed E-state index contributed by atoms with van der Waals surface area (Å²) in [7, 11) is 2.03. The van der Waals surface area contributed by atoms with Crippen LogP contribution in [0.2, 0.25) is 0 Å². The van der Waals surface area contributed by atoms with Crippen molar-refractivity contribution in [1.29, 1.82) is 0 Å². The van der Waals surface area contributed by atoms with Crippen LogP contribution in [0.25, 0.3) is 0 Å². The maximum absolute atomic E-state index is 12.0. The van der Waals surface area contributed by atoms with Crippen LogP contribution in [0.15, 0.2) is 30.3 Å². The highest BCUT2D eigenvalue weighted by Gasteiger charge is 2.28. The van der Waals surface area contributed by atoms with Gasteiger partial charge in [0.05, 0.1) is 6.10 Å². The molecule has 1 fully saturated rings. The van der Waals surface area contributed by atoms with Gasteiger partial charge in [0.15, 0.2) is 6.29 Å². The maximum Gasteiger partial charge on any atom is 0.249 e. The van der Waals surface area contributed by atoms with E-state index in [1.165, 1.54) is 0 Å². The number of ether oxygens (including phenoxy) is 1. The van der Waals surface area contributed by atoms with Crippen LogP contribution >= 0.6 is 0 Å². The number of benzene rings is 1. The Bertz CT molecular complexity index is 515. The molecule has 0 bridgehead atoms. The summed E-state index contributed by atoms with van der Waals surface area (Å²) < 4.78 is 5.34. The first-order valence-corrected chi connectivity index (χ1v) is 8.99. The number of aliphatic hydroxyl groups is 2.